The first-order valence-corrected chi connectivity index (χ1v) is 0.612. The molecular weight excluding hydrogens is 130 g/mol. The van der Waals surface area contributed by atoms with E-state index in [2.05, 4.69) is 0 Å². The second kappa shape index (κ2) is 16.1. The first kappa shape index (κ1) is 26.0. The van der Waals surface area contributed by atoms with E-state index in [1.54, 1.807) is 0 Å². The Labute approximate surface area is 70.2 Å². The van der Waals surface area contributed by atoms with E-state index in [0.717, 1.165) is 0 Å². The molecule has 7 heavy (non-hydrogen) atoms. The first-order chi connectivity index (χ1) is 1.73. The summed E-state index contributed by atoms with van der Waals surface area (Å²) in [6.45, 7) is 0. The smallest absolute Gasteiger partial charge is 0.652 e. The van der Waals surface area contributed by atoms with Crippen LogP contribution in [0.3, 0.4) is 0 Å². The molecule has 40 valence electrons. The summed E-state index contributed by atoms with van der Waals surface area (Å²) in [5.41, 5.74) is 0. The number of carbonyl (C=O) groups excluding carboxylic acids is 1. The monoisotopic (exact) mass is 135 g/mol. The van der Waals surface area contributed by atoms with E-state index >= 15 is 0 Å². The van der Waals surface area contributed by atoms with Crippen LogP contribution in [0.15, 0.2) is 0 Å². The van der Waals surface area contributed by atoms with E-state index in [9.17, 15) is 0 Å². The minimum absolute atomic E-state index is 0. The molecule has 0 amide bonds. The Hall–Kier alpha value is 0.450. The Balaban J connectivity index is -0.0000000150. The second-order valence-electron chi connectivity index (χ2n) is 0.250. The fourth-order valence-corrected chi connectivity index (χ4v) is 0. The molecule has 0 unspecified atom stereocenters. The molecule has 0 aromatic carbocycles. The van der Waals surface area contributed by atoms with Crippen LogP contribution in [0.4, 0.5) is 4.79 Å². The molecule has 0 aliphatic carbocycles. The van der Waals surface area contributed by atoms with Gasteiger partial charge in [0, 0.05) is 0 Å². The fraction of sp³-hybridized carbons (Fsp3) is 0. The van der Waals surface area contributed by atoms with Crippen LogP contribution in [0.5, 0.6) is 0 Å². The van der Waals surface area contributed by atoms with Gasteiger partial charge in [-0.2, -0.15) is 0 Å². The summed E-state index contributed by atoms with van der Waals surface area (Å²) >= 11 is 0. The summed E-state index contributed by atoms with van der Waals surface area (Å²) in [6, 6.07) is 0. The Morgan fingerprint density at radius 1 is 1.29 bits per heavy atom. The van der Waals surface area contributed by atoms with Crippen molar-refractivity contribution < 1.29 is 20.5 Å². The zero-order valence-corrected chi connectivity index (χ0v) is 5.85. The zero-order chi connectivity index (χ0) is 3.58. The molecule has 0 bridgehead atoms. The summed E-state index contributed by atoms with van der Waals surface area (Å²) in [5.74, 6) is 0. The third-order valence-electron chi connectivity index (χ3n) is 0. The average Bonchev–Trinajstić information content (AvgIpc) is 0.811. The Bertz CT molecular complexity index is 34.7. The van der Waals surface area contributed by atoms with Gasteiger partial charge in [0.25, 0.3) is 0 Å². The van der Waals surface area contributed by atoms with Crippen molar-refractivity contribution in [1.82, 2.24) is 6.15 Å². The summed E-state index contributed by atoms with van der Waals surface area (Å²) in [5, 5.41) is 16.7. The van der Waals surface area contributed by atoms with Gasteiger partial charge in [-0.05, 0) is 6.16 Å². The topological polar surface area (TPSA) is 130 Å². The average molecular weight is 135 g/mol. The van der Waals surface area contributed by atoms with Gasteiger partial charge in [-0.25, -0.2) is 0 Å². The normalized spacial score (nSPS) is 3.43. The summed E-state index contributed by atoms with van der Waals surface area (Å²) in [7, 11) is 0. The maximum atomic E-state index is 8.33. The molecule has 6 heteroatoms. The van der Waals surface area contributed by atoms with Gasteiger partial charge in [0.1, 0.15) is 0 Å². The van der Waals surface area contributed by atoms with E-state index in [1.165, 1.54) is 0 Å². The summed E-state index contributed by atoms with van der Waals surface area (Å²) in [4.78, 5) is 8.33. The van der Waals surface area contributed by atoms with Crippen LogP contribution in [0, 0.1) is 0 Å². The van der Waals surface area contributed by atoms with Crippen molar-refractivity contribution >= 4 is 43.9 Å². The zero-order valence-electron chi connectivity index (χ0n) is 3.64. The SMILES string of the molecule is N.O.O=C([O-])[O-].[Ca+2]. The van der Waals surface area contributed by atoms with Gasteiger partial charge in [-0.1, -0.05) is 0 Å². The maximum Gasteiger partial charge on any atom is 2.00 e. The Kier molecular flexibility index (Phi) is 59.9. The van der Waals surface area contributed by atoms with Crippen molar-refractivity contribution in [2.24, 2.45) is 0 Å². The Morgan fingerprint density at radius 2 is 1.29 bits per heavy atom. The van der Waals surface area contributed by atoms with E-state index in [0.29, 0.717) is 0 Å². The van der Waals surface area contributed by atoms with Gasteiger partial charge in [-0.3, -0.25) is 0 Å². The predicted octanol–water partition coefficient (Wildman–Crippen LogP) is -3.49. The number of hydrogen-bond donors (Lipinski definition) is 1. The molecule has 0 spiro atoms. The van der Waals surface area contributed by atoms with Crippen molar-refractivity contribution in [2.75, 3.05) is 0 Å². The maximum absolute atomic E-state index is 8.33. The van der Waals surface area contributed by atoms with Crippen LogP contribution in [0.1, 0.15) is 0 Å². The molecule has 0 rings (SSSR count). The Morgan fingerprint density at radius 3 is 1.29 bits per heavy atom. The third-order valence-corrected chi connectivity index (χ3v) is 0. The molecule has 0 saturated heterocycles. The molecule has 0 aliphatic rings. The van der Waals surface area contributed by atoms with Crippen molar-refractivity contribution in [2.45, 2.75) is 0 Å². The van der Waals surface area contributed by atoms with E-state index in [1.807, 2.05) is 0 Å². The molecule has 0 heterocycles. The van der Waals surface area contributed by atoms with E-state index < -0.39 is 6.16 Å². The number of hydrogen-bond acceptors (Lipinski definition) is 4. The van der Waals surface area contributed by atoms with Gasteiger partial charge in [0.05, 0.1) is 0 Å². The second-order valence-corrected chi connectivity index (χ2v) is 0.250. The molecule has 0 atom stereocenters. The van der Waals surface area contributed by atoms with Crippen LogP contribution in [0.2, 0.25) is 0 Å². The molecule has 0 aromatic rings. The van der Waals surface area contributed by atoms with Crippen LogP contribution < -0.4 is 16.4 Å². The number of carbonyl (C=O) groups is 1. The first-order valence-electron chi connectivity index (χ1n) is 0.612. The van der Waals surface area contributed by atoms with Gasteiger partial charge in [0.15, 0.2) is 0 Å². The third kappa shape index (κ3) is 631. The summed E-state index contributed by atoms with van der Waals surface area (Å²) < 4.78 is 0. The molecule has 0 saturated carbocycles. The molecule has 5 nitrogen and oxygen atoms in total. The molecule has 0 fully saturated rings. The van der Waals surface area contributed by atoms with Crippen LogP contribution in [-0.4, -0.2) is 49.4 Å². The van der Waals surface area contributed by atoms with Crippen molar-refractivity contribution in [3.05, 3.63) is 0 Å². The standard InChI is InChI=1S/CH2O3.Ca.H3N.H2O/c2-1(3)4;;;/h(H2,2,3,4);;1H3;1H2/q;+2;;/p-2. The predicted molar refractivity (Wildman–Crippen MR) is 19.8 cm³/mol. The number of carboxylic acid groups (broad SMARTS) is 2. The van der Waals surface area contributed by atoms with Gasteiger partial charge in [0.2, 0.25) is 0 Å². The molecule has 0 aliphatic heterocycles. The molecule has 0 radical (unpaired) electrons. The minimum Gasteiger partial charge on any atom is -0.652 e. The minimum atomic E-state index is -2.33. The van der Waals surface area contributed by atoms with E-state index in [-0.39, 0.29) is 49.4 Å². The van der Waals surface area contributed by atoms with Crippen LogP contribution >= 0.6 is 0 Å². The van der Waals surface area contributed by atoms with Crippen LogP contribution in [0.25, 0.3) is 0 Å². The van der Waals surface area contributed by atoms with Gasteiger partial charge < -0.3 is 26.6 Å². The largest absolute Gasteiger partial charge is 2.00 e. The summed E-state index contributed by atoms with van der Waals surface area (Å²) in [6.07, 6.45) is -2.33. The molecule has 0 aromatic heterocycles. The van der Waals surface area contributed by atoms with Crippen molar-refractivity contribution in [3.63, 3.8) is 0 Å². The van der Waals surface area contributed by atoms with Crippen molar-refractivity contribution in [3.8, 4) is 0 Å². The van der Waals surface area contributed by atoms with Gasteiger partial charge in [-0.15, -0.1) is 0 Å². The van der Waals surface area contributed by atoms with Crippen LogP contribution in [-0.2, 0) is 0 Å². The van der Waals surface area contributed by atoms with Gasteiger partial charge >= 0.3 is 37.7 Å². The number of rotatable bonds is 0. The molecule has 5 N–H and O–H groups in total. The van der Waals surface area contributed by atoms with E-state index in [4.69, 9.17) is 15.0 Å². The fourth-order valence-electron chi connectivity index (χ4n) is 0. The quantitative estimate of drug-likeness (QED) is 0.345. The molecular formula is CH5CaNO4. The van der Waals surface area contributed by atoms with Crippen molar-refractivity contribution in [1.29, 1.82) is 0 Å².